The van der Waals surface area contributed by atoms with Gasteiger partial charge in [-0.15, -0.1) is 0 Å². The molecule has 0 radical (unpaired) electrons. The van der Waals surface area contributed by atoms with Crippen molar-refractivity contribution < 1.29 is 9.90 Å². The van der Waals surface area contributed by atoms with E-state index in [4.69, 9.17) is 23.2 Å². The third kappa shape index (κ3) is 3.34. The molecule has 0 aliphatic heterocycles. The molecule has 0 aromatic carbocycles. The van der Waals surface area contributed by atoms with E-state index < -0.39 is 6.10 Å². The van der Waals surface area contributed by atoms with Gasteiger partial charge in [-0.1, -0.05) is 36.0 Å². The van der Waals surface area contributed by atoms with E-state index >= 15 is 0 Å². The fourth-order valence-electron chi connectivity index (χ4n) is 2.13. The van der Waals surface area contributed by atoms with Crippen molar-refractivity contribution in [3.63, 3.8) is 0 Å². The average molecular weight is 289 g/mol. The predicted molar refractivity (Wildman–Crippen MR) is 70.0 cm³/mol. The number of carbonyl (C=O) groups excluding carboxylic acids is 1. The van der Waals surface area contributed by atoms with Crippen LogP contribution in [0.5, 0.6) is 0 Å². The lowest BCUT2D eigenvalue weighted by molar-refractivity contribution is 0.0717. The van der Waals surface area contributed by atoms with Crippen LogP contribution in [0.2, 0.25) is 10.3 Å². The Balaban J connectivity index is 2.06. The molecule has 1 aromatic rings. The summed E-state index contributed by atoms with van der Waals surface area (Å²) in [5, 5.41) is 13.0. The second-order valence-corrected chi connectivity index (χ2v) is 5.21. The zero-order valence-corrected chi connectivity index (χ0v) is 11.2. The lowest BCUT2D eigenvalue weighted by Crippen LogP contribution is -2.45. The Hall–Kier alpha value is -0.840. The zero-order valence-electron chi connectivity index (χ0n) is 9.70. The van der Waals surface area contributed by atoms with Crippen molar-refractivity contribution in [2.24, 2.45) is 0 Å². The van der Waals surface area contributed by atoms with Crippen LogP contribution in [0.4, 0.5) is 0 Å². The van der Waals surface area contributed by atoms with Crippen LogP contribution in [-0.4, -0.2) is 28.1 Å². The monoisotopic (exact) mass is 288 g/mol. The van der Waals surface area contributed by atoms with Gasteiger partial charge in [-0.2, -0.15) is 0 Å². The van der Waals surface area contributed by atoms with Crippen LogP contribution in [0.3, 0.4) is 0 Å². The summed E-state index contributed by atoms with van der Waals surface area (Å²) >= 11 is 11.5. The number of amides is 1. The molecule has 1 heterocycles. The number of nitrogens with one attached hydrogen (secondary N) is 1. The SMILES string of the molecule is O=C(N[C@@H]1CCCC[C@H]1O)c1cc(Cl)nc(Cl)c1. The summed E-state index contributed by atoms with van der Waals surface area (Å²) < 4.78 is 0. The van der Waals surface area contributed by atoms with Gasteiger partial charge in [-0.05, 0) is 25.0 Å². The van der Waals surface area contributed by atoms with E-state index in [1.165, 1.54) is 12.1 Å². The van der Waals surface area contributed by atoms with Gasteiger partial charge in [-0.25, -0.2) is 4.98 Å². The summed E-state index contributed by atoms with van der Waals surface area (Å²) in [6.45, 7) is 0. The summed E-state index contributed by atoms with van der Waals surface area (Å²) in [7, 11) is 0. The van der Waals surface area contributed by atoms with E-state index in [1.54, 1.807) is 0 Å². The maximum Gasteiger partial charge on any atom is 0.251 e. The Morgan fingerprint density at radius 3 is 2.50 bits per heavy atom. The van der Waals surface area contributed by atoms with Gasteiger partial charge < -0.3 is 10.4 Å². The third-order valence-corrected chi connectivity index (χ3v) is 3.46. The van der Waals surface area contributed by atoms with Crippen molar-refractivity contribution in [2.45, 2.75) is 37.8 Å². The predicted octanol–water partition coefficient (Wildman–Crippen LogP) is 2.42. The van der Waals surface area contributed by atoms with Gasteiger partial charge in [0, 0.05) is 5.56 Å². The molecule has 0 spiro atoms. The van der Waals surface area contributed by atoms with E-state index in [2.05, 4.69) is 10.3 Å². The number of rotatable bonds is 2. The molecule has 0 saturated heterocycles. The first-order chi connectivity index (χ1) is 8.56. The maximum atomic E-state index is 12.0. The number of hydrogen-bond donors (Lipinski definition) is 2. The molecule has 2 N–H and O–H groups in total. The normalized spacial score (nSPS) is 23.7. The summed E-state index contributed by atoms with van der Waals surface area (Å²) in [4.78, 5) is 15.8. The van der Waals surface area contributed by atoms with Crippen molar-refractivity contribution in [1.82, 2.24) is 10.3 Å². The molecule has 98 valence electrons. The first kappa shape index (κ1) is 13.6. The molecule has 18 heavy (non-hydrogen) atoms. The summed E-state index contributed by atoms with van der Waals surface area (Å²) in [5.41, 5.74) is 0.359. The van der Waals surface area contributed by atoms with E-state index in [1.807, 2.05) is 0 Å². The van der Waals surface area contributed by atoms with Crippen LogP contribution in [0.1, 0.15) is 36.0 Å². The number of nitrogens with zero attached hydrogens (tertiary/aromatic N) is 1. The number of aromatic nitrogens is 1. The van der Waals surface area contributed by atoms with Crippen LogP contribution < -0.4 is 5.32 Å². The standard InChI is InChI=1S/C12H14Cl2N2O2/c13-10-5-7(6-11(14)16-10)12(18)15-8-3-1-2-4-9(8)17/h5-6,8-9,17H,1-4H2,(H,15,18)/t8-,9-/m1/s1. The Morgan fingerprint density at radius 1 is 1.28 bits per heavy atom. The Morgan fingerprint density at radius 2 is 1.89 bits per heavy atom. The second kappa shape index (κ2) is 5.87. The van der Waals surface area contributed by atoms with Crippen molar-refractivity contribution >= 4 is 29.1 Å². The van der Waals surface area contributed by atoms with Crippen LogP contribution in [0.25, 0.3) is 0 Å². The van der Waals surface area contributed by atoms with Crippen molar-refractivity contribution in [2.75, 3.05) is 0 Å². The van der Waals surface area contributed by atoms with E-state index in [0.29, 0.717) is 5.56 Å². The van der Waals surface area contributed by atoms with E-state index in [0.717, 1.165) is 25.7 Å². The average Bonchev–Trinajstić information content (AvgIpc) is 2.31. The Labute approximate surface area is 115 Å². The first-order valence-electron chi connectivity index (χ1n) is 5.88. The van der Waals surface area contributed by atoms with Gasteiger partial charge in [0.25, 0.3) is 5.91 Å². The molecule has 1 fully saturated rings. The molecule has 0 bridgehead atoms. The molecule has 4 nitrogen and oxygen atoms in total. The van der Waals surface area contributed by atoms with Gasteiger partial charge in [-0.3, -0.25) is 4.79 Å². The summed E-state index contributed by atoms with van der Waals surface area (Å²) in [6.07, 6.45) is 3.05. The highest BCUT2D eigenvalue weighted by Crippen LogP contribution is 2.20. The van der Waals surface area contributed by atoms with Gasteiger partial charge in [0.2, 0.25) is 0 Å². The molecule has 1 saturated carbocycles. The van der Waals surface area contributed by atoms with Crippen molar-refractivity contribution in [3.8, 4) is 0 Å². The molecule has 2 atom stereocenters. The minimum atomic E-state index is -0.476. The number of hydrogen-bond acceptors (Lipinski definition) is 3. The fraction of sp³-hybridized carbons (Fsp3) is 0.500. The number of aliphatic hydroxyl groups excluding tert-OH is 1. The maximum absolute atomic E-state index is 12.0. The Kier molecular flexibility index (Phi) is 4.43. The molecule has 6 heteroatoms. The van der Waals surface area contributed by atoms with Crippen LogP contribution in [-0.2, 0) is 0 Å². The van der Waals surface area contributed by atoms with Crippen molar-refractivity contribution in [1.29, 1.82) is 0 Å². The van der Waals surface area contributed by atoms with Gasteiger partial charge in [0.1, 0.15) is 10.3 Å². The minimum Gasteiger partial charge on any atom is -0.391 e. The number of halogens is 2. The minimum absolute atomic E-state index is 0.178. The zero-order chi connectivity index (χ0) is 13.1. The summed E-state index contributed by atoms with van der Waals surface area (Å²) in [6, 6.07) is 2.72. The quantitative estimate of drug-likeness (QED) is 0.822. The highest BCUT2D eigenvalue weighted by molar-refractivity contribution is 6.33. The van der Waals surface area contributed by atoms with Gasteiger partial charge >= 0.3 is 0 Å². The first-order valence-corrected chi connectivity index (χ1v) is 6.64. The molecule has 0 unspecified atom stereocenters. The molecular formula is C12H14Cl2N2O2. The van der Waals surface area contributed by atoms with Crippen LogP contribution in [0, 0.1) is 0 Å². The number of carbonyl (C=O) groups is 1. The summed E-state index contributed by atoms with van der Waals surface area (Å²) in [5.74, 6) is -0.285. The molecule has 1 aliphatic rings. The second-order valence-electron chi connectivity index (χ2n) is 4.43. The largest absolute Gasteiger partial charge is 0.391 e. The smallest absolute Gasteiger partial charge is 0.251 e. The Bertz CT molecular complexity index is 433. The van der Waals surface area contributed by atoms with Crippen LogP contribution >= 0.6 is 23.2 Å². The third-order valence-electron chi connectivity index (χ3n) is 3.07. The number of aliphatic hydroxyl groups is 1. The van der Waals surface area contributed by atoms with E-state index in [9.17, 15) is 9.90 Å². The van der Waals surface area contributed by atoms with E-state index in [-0.39, 0.29) is 22.3 Å². The van der Waals surface area contributed by atoms with Gasteiger partial charge in [0.05, 0.1) is 12.1 Å². The van der Waals surface area contributed by atoms with Gasteiger partial charge in [0.15, 0.2) is 0 Å². The lowest BCUT2D eigenvalue weighted by Gasteiger charge is -2.28. The molecule has 2 rings (SSSR count). The van der Waals surface area contributed by atoms with Crippen molar-refractivity contribution in [3.05, 3.63) is 28.0 Å². The molecule has 1 amide bonds. The fourth-order valence-corrected chi connectivity index (χ4v) is 2.59. The molecule has 1 aliphatic carbocycles. The highest BCUT2D eigenvalue weighted by atomic mass is 35.5. The highest BCUT2D eigenvalue weighted by Gasteiger charge is 2.25. The molecule has 1 aromatic heterocycles. The molecular weight excluding hydrogens is 275 g/mol. The lowest BCUT2D eigenvalue weighted by atomic mass is 9.92. The number of pyridine rings is 1. The topological polar surface area (TPSA) is 62.2 Å². The van der Waals surface area contributed by atoms with Crippen LogP contribution in [0.15, 0.2) is 12.1 Å².